The summed E-state index contributed by atoms with van der Waals surface area (Å²) in [6.07, 6.45) is 0.952. The highest BCUT2D eigenvalue weighted by Gasteiger charge is 2.13. The van der Waals surface area contributed by atoms with Crippen LogP contribution in [0.1, 0.15) is 37.6 Å². The number of hydrogen-bond acceptors (Lipinski definition) is 3. The summed E-state index contributed by atoms with van der Waals surface area (Å²) in [4.78, 5) is 17.2. The van der Waals surface area contributed by atoms with Crippen molar-refractivity contribution in [2.45, 2.75) is 27.2 Å². The minimum atomic E-state index is -0.0797. The Hall–Kier alpha value is -2.59. The van der Waals surface area contributed by atoms with E-state index in [2.05, 4.69) is 19.2 Å². The minimum absolute atomic E-state index is 0.0797. The molecule has 28 heavy (non-hydrogen) atoms. The molecular formula is C23H25ClN2O2. The Morgan fingerprint density at radius 2 is 2.00 bits per heavy atom. The summed E-state index contributed by atoms with van der Waals surface area (Å²) in [6.45, 7) is 7.41. The van der Waals surface area contributed by atoms with Gasteiger partial charge in [-0.05, 0) is 49.6 Å². The van der Waals surface area contributed by atoms with Gasteiger partial charge < -0.3 is 10.1 Å². The van der Waals surface area contributed by atoms with Gasteiger partial charge in [0, 0.05) is 34.1 Å². The van der Waals surface area contributed by atoms with Gasteiger partial charge in [0.05, 0.1) is 17.8 Å². The predicted octanol–water partition coefficient (Wildman–Crippen LogP) is 5.73. The molecule has 2 aromatic carbocycles. The Morgan fingerprint density at radius 1 is 1.18 bits per heavy atom. The number of rotatable bonds is 7. The molecule has 1 heterocycles. The van der Waals surface area contributed by atoms with Crippen LogP contribution in [0, 0.1) is 5.92 Å². The van der Waals surface area contributed by atoms with Crippen molar-refractivity contribution in [2.75, 3.05) is 13.2 Å². The van der Waals surface area contributed by atoms with Crippen molar-refractivity contribution < 1.29 is 9.53 Å². The van der Waals surface area contributed by atoms with Crippen molar-refractivity contribution >= 4 is 28.4 Å². The van der Waals surface area contributed by atoms with Crippen LogP contribution in [0.4, 0.5) is 0 Å². The molecule has 0 bridgehead atoms. The number of benzene rings is 2. The molecule has 1 N–H and O–H groups in total. The molecule has 0 radical (unpaired) electrons. The van der Waals surface area contributed by atoms with Crippen LogP contribution in [0.5, 0.6) is 5.75 Å². The number of hydrogen-bond donors (Lipinski definition) is 1. The molecule has 0 aliphatic carbocycles. The number of nitrogens with zero attached hydrogens (tertiary/aromatic N) is 1. The van der Waals surface area contributed by atoms with E-state index in [0.29, 0.717) is 35.4 Å². The quantitative estimate of drug-likeness (QED) is 0.554. The number of aromatic nitrogens is 1. The van der Waals surface area contributed by atoms with Gasteiger partial charge in [0.25, 0.3) is 5.91 Å². The lowest BCUT2D eigenvalue weighted by molar-refractivity contribution is 0.0952. The third kappa shape index (κ3) is 4.82. The van der Waals surface area contributed by atoms with E-state index in [1.165, 1.54) is 0 Å². The topological polar surface area (TPSA) is 51.2 Å². The number of carbonyl (C=O) groups is 1. The zero-order chi connectivity index (χ0) is 20.1. The van der Waals surface area contributed by atoms with Crippen molar-refractivity contribution in [3.8, 4) is 17.0 Å². The molecule has 3 rings (SSSR count). The molecule has 0 fully saturated rings. The Bertz CT molecular complexity index is 985. The summed E-state index contributed by atoms with van der Waals surface area (Å²) in [5.41, 5.74) is 3.09. The Morgan fingerprint density at radius 3 is 2.71 bits per heavy atom. The molecular weight excluding hydrogens is 372 g/mol. The molecule has 0 saturated heterocycles. The third-order valence-corrected chi connectivity index (χ3v) is 4.70. The lowest BCUT2D eigenvalue weighted by Crippen LogP contribution is -2.25. The molecule has 0 aliphatic heterocycles. The third-order valence-electron chi connectivity index (χ3n) is 4.46. The van der Waals surface area contributed by atoms with E-state index < -0.39 is 0 Å². The number of fused-ring (bicyclic) bond motifs is 1. The van der Waals surface area contributed by atoms with Gasteiger partial charge in [-0.1, -0.05) is 37.6 Å². The van der Waals surface area contributed by atoms with E-state index in [1.807, 2.05) is 49.4 Å². The molecule has 5 heteroatoms. The van der Waals surface area contributed by atoms with Crippen molar-refractivity contribution in [1.29, 1.82) is 0 Å². The zero-order valence-electron chi connectivity index (χ0n) is 16.5. The standard InChI is InChI=1S/C23H25ClN2O2/c1-4-28-22-14-21(16-6-5-7-18(24)12-16)26-20-9-8-17(13-19(20)22)23(27)25-11-10-15(2)3/h5-9,12-15H,4,10-11H2,1-3H3,(H,25,27). The van der Waals surface area contributed by atoms with E-state index in [4.69, 9.17) is 21.3 Å². The summed E-state index contributed by atoms with van der Waals surface area (Å²) in [7, 11) is 0. The van der Waals surface area contributed by atoms with Gasteiger partial charge in [-0.2, -0.15) is 0 Å². The number of halogens is 1. The van der Waals surface area contributed by atoms with E-state index in [1.54, 1.807) is 6.07 Å². The van der Waals surface area contributed by atoms with Crippen LogP contribution in [0.3, 0.4) is 0 Å². The average Bonchev–Trinajstić information content (AvgIpc) is 2.67. The van der Waals surface area contributed by atoms with E-state index in [-0.39, 0.29) is 5.91 Å². The number of nitrogens with one attached hydrogen (secondary N) is 1. The fourth-order valence-corrected chi connectivity index (χ4v) is 3.17. The fourth-order valence-electron chi connectivity index (χ4n) is 2.98. The highest BCUT2D eigenvalue weighted by molar-refractivity contribution is 6.30. The second kappa shape index (κ2) is 9.07. The Labute approximate surface area is 170 Å². The summed E-state index contributed by atoms with van der Waals surface area (Å²) >= 11 is 6.13. The largest absolute Gasteiger partial charge is 0.493 e. The normalized spacial score (nSPS) is 11.0. The van der Waals surface area contributed by atoms with Crippen LogP contribution in [0.25, 0.3) is 22.2 Å². The van der Waals surface area contributed by atoms with Gasteiger partial charge in [-0.3, -0.25) is 4.79 Å². The van der Waals surface area contributed by atoms with Crippen molar-refractivity contribution in [3.05, 3.63) is 59.1 Å². The smallest absolute Gasteiger partial charge is 0.251 e. The first-order valence-corrected chi connectivity index (χ1v) is 9.97. The van der Waals surface area contributed by atoms with Crippen LogP contribution < -0.4 is 10.1 Å². The van der Waals surface area contributed by atoms with E-state index in [9.17, 15) is 4.79 Å². The molecule has 0 atom stereocenters. The number of carbonyl (C=O) groups excluding carboxylic acids is 1. The molecule has 0 aliphatic rings. The van der Waals surface area contributed by atoms with Gasteiger partial charge in [-0.25, -0.2) is 4.98 Å². The van der Waals surface area contributed by atoms with E-state index in [0.717, 1.165) is 28.6 Å². The van der Waals surface area contributed by atoms with Crippen molar-refractivity contribution in [1.82, 2.24) is 10.3 Å². The highest BCUT2D eigenvalue weighted by atomic mass is 35.5. The van der Waals surface area contributed by atoms with Gasteiger partial charge in [0.15, 0.2) is 0 Å². The van der Waals surface area contributed by atoms with Crippen LogP contribution in [0.15, 0.2) is 48.5 Å². The molecule has 1 amide bonds. The Kier molecular flexibility index (Phi) is 6.53. The molecule has 4 nitrogen and oxygen atoms in total. The summed E-state index contributed by atoms with van der Waals surface area (Å²) in [5, 5.41) is 4.46. The first-order valence-electron chi connectivity index (χ1n) is 9.59. The van der Waals surface area contributed by atoms with Crippen LogP contribution in [0.2, 0.25) is 5.02 Å². The molecule has 3 aromatic rings. The monoisotopic (exact) mass is 396 g/mol. The summed E-state index contributed by atoms with van der Waals surface area (Å²) in [6, 6.07) is 15.0. The highest BCUT2D eigenvalue weighted by Crippen LogP contribution is 2.31. The number of pyridine rings is 1. The fraction of sp³-hybridized carbons (Fsp3) is 0.304. The lowest BCUT2D eigenvalue weighted by Gasteiger charge is -2.12. The maximum Gasteiger partial charge on any atom is 0.251 e. The average molecular weight is 397 g/mol. The lowest BCUT2D eigenvalue weighted by atomic mass is 10.1. The molecule has 1 aromatic heterocycles. The minimum Gasteiger partial charge on any atom is -0.493 e. The molecule has 0 saturated carbocycles. The van der Waals surface area contributed by atoms with Crippen molar-refractivity contribution in [3.63, 3.8) is 0 Å². The van der Waals surface area contributed by atoms with Gasteiger partial charge in [0.2, 0.25) is 0 Å². The molecule has 146 valence electrons. The second-order valence-electron chi connectivity index (χ2n) is 7.12. The van der Waals surface area contributed by atoms with Crippen LogP contribution >= 0.6 is 11.6 Å². The van der Waals surface area contributed by atoms with E-state index >= 15 is 0 Å². The molecule has 0 unspecified atom stereocenters. The van der Waals surface area contributed by atoms with Gasteiger partial charge in [-0.15, -0.1) is 0 Å². The first kappa shape index (κ1) is 20.2. The first-order chi connectivity index (χ1) is 13.5. The predicted molar refractivity (Wildman–Crippen MR) is 115 cm³/mol. The SMILES string of the molecule is CCOc1cc(-c2cccc(Cl)c2)nc2ccc(C(=O)NCCC(C)C)cc12. The van der Waals surface area contributed by atoms with Crippen LogP contribution in [-0.4, -0.2) is 24.0 Å². The van der Waals surface area contributed by atoms with Crippen molar-refractivity contribution in [2.24, 2.45) is 5.92 Å². The number of ether oxygens (including phenoxy) is 1. The maximum atomic E-state index is 12.5. The summed E-state index contributed by atoms with van der Waals surface area (Å²) in [5.74, 6) is 1.18. The Balaban J connectivity index is 1.97. The maximum absolute atomic E-state index is 12.5. The van der Waals surface area contributed by atoms with Gasteiger partial charge >= 0.3 is 0 Å². The second-order valence-corrected chi connectivity index (χ2v) is 7.56. The zero-order valence-corrected chi connectivity index (χ0v) is 17.2. The summed E-state index contributed by atoms with van der Waals surface area (Å²) < 4.78 is 5.85. The van der Waals surface area contributed by atoms with Gasteiger partial charge in [0.1, 0.15) is 5.75 Å². The van der Waals surface area contributed by atoms with Crippen LogP contribution in [-0.2, 0) is 0 Å². The molecule has 0 spiro atoms. The number of amides is 1.